The number of nitrogens with two attached hydrogens (primary N) is 2. The molecule has 5 N–H and O–H groups in total. The molecule has 3 aromatic rings. The minimum Gasteiger partial charge on any atom is -0.506 e. The zero-order chi connectivity index (χ0) is 17.3. The summed E-state index contributed by atoms with van der Waals surface area (Å²) in [6, 6.07) is 12.1. The molecule has 0 saturated carbocycles. The lowest BCUT2D eigenvalue weighted by atomic mass is 10.1. The lowest BCUT2D eigenvalue weighted by molar-refractivity contribution is 0.476. The first-order valence-electron chi connectivity index (χ1n) is 6.79. The summed E-state index contributed by atoms with van der Waals surface area (Å²) in [4.78, 5) is 9.24. The van der Waals surface area contributed by atoms with Gasteiger partial charge in [0.05, 0.1) is 15.7 Å². The van der Waals surface area contributed by atoms with E-state index < -0.39 is 0 Å². The van der Waals surface area contributed by atoms with Crippen LogP contribution in [-0.2, 0) is 0 Å². The summed E-state index contributed by atoms with van der Waals surface area (Å²) < 4.78 is 0. The predicted molar refractivity (Wildman–Crippen MR) is 98.5 cm³/mol. The van der Waals surface area contributed by atoms with Gasteiger partial charge in [-0.05, 0) is 30.3 Å². The second kappa shape index (κ2) is 6.76. The Balaban J connectivity index is 2.04. The Bertz CT molecular complexity index is 921. The van der Waals surface area contributed by atoms with Crippen molar-refractivity contribution in [1.82, 2.24) is 9.97 Å². The van der Waals surface area contributed by atoms with Crippen LogP contribution in [0.4, 0.5) is 11.6 Å². The highest BCUT2D eigenvalue weighted by Gasteiger charge is 2.13. The fourth-order valence-electron chi connectivity index (χ4n) is 2.05. The summed E-state index contributed by atoms with van der Waals surface area (Å²) in [7, 11) is 0. The van der Waals surface area contributed by atoms with Crippen LogP contribution in [0.25, 0.3) is 11.3 Å². The van der Waals surface area contributed by atoms with Gasteiger partial charge in [-0.15, -0.1) is 0 Å². The van der Waals surface area contributed by atoms with E-state index in [2.05, 4.69) is 9.97 Å². The van der Waals surface area contributed by atoms with Gasteiger partial charge in [-0.1, -0.05) is 47.1 Å². The quantitative estimate of drug-likeness (QED) is 0.459. The molecule has 3 rings (SSSR count). The van der Waals surface area contributed by atoms with Crippen LogP contribution < -0.4 is 11.5 Å². The molecular formula is C16H12Cl2N4OS. The second-order valence-corrected chi connectivity index (χ2v) is 6.75. The van der Waals surface area contributed by atoms with E-state index in [0.717, 1.165) is 4.90 Å². The molecule has 0 bridgehead atoms. The van der Waals surface area contributed by atoms with Crippen molar-refractivity contribution >= 4 is 46.6 Å². The maximum atomic E-state index is 9.81. The first-order chi connectivity index (χ1) is 11.4. The fraction of sp³-hybridized carbons (Fsp3) is 0. The van der Waals surface area contributed by atoms with Crippen LogP contribution in [-0.4, -0.2) is 15.1 Å². The van der Waals surface area contributed by atoms with E-state index in [1.54, 1.807) is 6.07 Å². The standard InChI is InChI=1S/C16H12Cl2N4OS/c17-9-6-10(18)13(23)5-8(9)12-7-15(22-16(20)21-12)24-14-4-2-1-3-11(14)19/h1-7,23H,19H2,(H2,20,21,22). The molecule has 5 nitrogen and oxygen atoms in total. The summed E-state index contributed by atoms with van der Waals surface area (Å²) in [6.07, 6.45) is 0. The lowest BCUT2D eigenvalue weighted by Crippen LogP contribution is -1.98. The van der Waals surface area contributed by atoms with E-state index in [4.69, 9.17) is 34.7 Å². The number of phenols is 1. The van der Waals surface area contributed by atoms with Crippen molar-refractivity contribution in [2.45, 2.75) is 9.92 Å². The van der Waals surface area contributed by atoms with Gasteiger partial charge in [-0.2, -0.15) is 0 Å². The average Bonchev–Trinajstić information content (AvgIpc) is 2.52. The van der Waals surface area contributed by atoms with Crippen LogP contribution in [0.3, 0.4) is 0 Å². The Morgan fingerprint density at radius 3 is 2.46 bits per heavy atom. The van der Waals surface area contributed by atoms with E-state index in [-0.39, 0.29) is 16.7 Å². The van der Waals surface area contributed by atoms with E-state index in [0.29, 0.717) is 27.0 Å². The number of benzene rings is 2. The first-order valence-corrected chi connectivity index (χ1v) is 8.36. The van der Waals surface area contributed by atoms with E-state index in [1.165, 1.54) is 23.9 Å². The molecule has 122 valence electrons. The molecule has 0 aliphatic carbocycles. The Labute approximate surface area is 152 Å². The number of hydrogen-bond acceptors (Lipinski definition) is 6. The van der Waals surface area contributed by atoms with Crippen molar-refractivity contribution in [3.8, 4) is 17.0 Å². The molecule has 1 heterocycles. The van der Waals surface area contributed by atoms with Crippen LogP contribution in [0.2, 0.25) is 10.0 Å². The zero-order valence-electron chi connectivity index (χ0n) is 12.2. The van der Waals surface area contributed by atoms with Crippen molar-refractivity contribution in [2.75, 3.05) is 11.5 Å². The average molecular weight is 379 g/mol. The molecule has 0 unspecified atom stereocenters. The highest BCUT2D eigenvalue weighted by Crippen LogP contribution is 2.38. The Morgan fingerprint density at radius 2 is 1.71 bits per heavy atom. The molecule has 0 atom stereocenters. The summed E-state index contributed by atoms with van der Waals surface area (Å²) in [5.74, 6) is 0.00441. The lowest BCUT2D eigenvalue weighted by Gasteiger charge is -2.09. The van der Waals surface area contributed by atoms with Gasteiger partial charge >= 0.3 is 0 Å². The van der Waals surface area contributed by atoms with Crippen LogP contribution >= 0.6 is 35.0 Å². The number of hydrogen-bond donors (Lipinski definition) is 3. The van der Waals surface area contributed by atoms with Crippen LogP contribution in [0, 0.1) is 0 Å². The third-order valence-electron chi connectivity index (χ3n) is 3.17. The molecule has 0 aliphatic rings. The predicted octanol–water partition coefficient (Wildman–Crippen LogP) is 4.47. The number of aromatic nitrogens is 2. The van der Waals surface area contributed by atoms with E-state index in [1.807, 2.05) is 24.3 Å². The number of nitrogen functional groups attached to an aromatic ring is 2. The van der Waals surface area contributed by atoms with Crippen molar-refractivity contribution in [3.05, 3.63) is 52.5 Å². The van der Waals surface area contributed by atoms with Crippen molar-refractivity contribution < 1.29 is 5.11 Å². The normalized spacial score (nSPS) is 10.8. The Morgan fingerprint density at radius 1 is 0.958 bits per heavy atom. The number of anilines is 2. The summed E-state index contributed by atoms with van der Waals surface area (Å²) in [6.45, 7) is 0. The third-order valence-corrected chi connectivity index (χ3v) is 4.79. The van der Waals surface area contributed by atoms with Gasteiger partial charge < -0.3 is 16.6 Å². The van der Waals surface area contributed by atoms with Crippen LogP contribution in [0.5, 0.6) is 5.75 Å². The number of halogens is 2. The number of aromatic hydroxyl groups is 1. The van der Waals surface area contributed by atoms with Crippen molar-refractivity contribution in [2.24, 2.45) is 0 Å². The zero-order valence-corrected chi connectivity index (χ0v) is 14.5. The topological polar surface area (TPSA) is 98.0 Å². The number of phenolic OH excluding ortho intramolecular Hbond substituents is 1. The summed E-state index contributed by atoms with van der Waals surface area (Å²) in [5, 5.41) is 10.9. The molecule has 24 heavy (non-hydrogen) atoms. The molecular weight excluding hydrogens is 367 g/mol. The summed E-state index contributed by atoms with van der Waals surface area (Å²) in [5.41, 5.74) is 13.4. The molecule has 0 amide bonds. The number of rotatable bonds is 3. The van der Waals surface area contributed by atoms with Gasteiger partial charge in [0.15, 0.2) is 0 Å². The van der Waals surface area contributed by atoms with Gasteiger partial charge in [0.2, 0.25) is 5.95 Å². The largest absolute Gasteiger partial charge is 0.506 e. The fourth-order valence-corrected chi connectivity index (χ4v) is 3.40. The van der Waals surface area contributed by atoms with Crippen molar-refractivity contribution in [1.29, 1.82) is 0 Å². The molecule has 2 aromatic carbocycles. The highest BCUT2D eigenvalue weighted by molar-refractivity contribution is 7.99. The smallest absolute Gasteiger partial charge is 0.221 e. The summed E-state index contributed by atoms with van der Waals surface area (Å²) >= 11 is 13.4. The molecule has 0 radical (unpaired) electrons. The highest BCUT2D eigenvalue weighted by atomic mass is 35.5. The van der Waals surface area contributed by atoms with Crippen LogP contribution in [0.15, 0.2) is 52.4 Å². The van der Waals surface area contributed by atoms with Crippen molar-refractivity contribution in [3.63, 3.8) is 0 Å². The Kier molecular flexibility index (Phi) is 4.71. The van der Waals surface area contributed by atoms with Gasteiger partial charge in [0.25, 0.3) is 0 Å². The number of para-hydroxylation sites is 1. The molecule has 0 aliphatic heterocycles. The molecule has 0 spiro atoms. The SMILES string of the molecule is Nc1nc(Sc2ccccc2N)cc(-c2cc(O)c(Cl)cc2Cl)n1. The molecule has 8 heteroatoms. The minimum atomic E-state index is -0.0882. The van der Waals surface area contributed by atoms with E-state index >= 15 is 0 Å². The van der Waals surface area contributed by atoms with Gasteiger partial charge in [-0.3, -0.25) is 0 Å². The van der Waals surface area contributed by atoms with E-state index in [9.17, 15) is 5.11 Å². The van der Waals surface area contributed by atoms with Crippen LogP contribution in [0.1, 0.15) is 0 Å². The second-order valence-electron chi connectivity index (χ2n) is 4.87. The monoisotopic (exact) mass is 378 g/mol. The van der Waals surface area contributed by atoms with Gasteiger partial charge in [0, 0.05) is 16.1 Å². The number of nitrogens with zero attached hydrogens (tertiary/aromatic N) is 2. The maximum Gasteiger partial charge on any atom is 0.221 e. The van der Waals surface area contributed by atoms with Gasteiger partial charge in [0.1, 0.15) is 10.8 Å². The molecule has 0 fully saturated rings. The first kappa shape index (κ1) is 16.7. The van der Waals surface area contributed by atoms with Gasteiger partial charge in [-0.25, -0.2) is 9.97 Å². The Hall–Kier alpha value is -2.15. The molecule has 0 saturated heterocycles. The third kappa shape index (κ3) is 3.51. The maximum absolute atomic E-state index is 9.81. The minimum absolute atomic E-state index is 0.0882. The molecule has 1 aromatic heterocycles.